The van der Waals surface area contributed by atoms with Crippen molar-refractivity contribution in [2.75, 3.05) is 0 Å². The summed E-state index contributed by atoms with van der Waals surface area (Å²) in [6, 6.07) is 13.0. The van der Waals surface area contributed by atoms with Crippen molar-refractivity contribution in [3.8, 4) is 0 Å². The summed E-state index contributed by atoms with van der Waals surface area (Å²) in [5, 5.41) is 6.77. The molecule has 0 saturated heterocycles. The average molecular weight is 309 g/mol. The highest BCUT2D eigenvalue weighted by atomic mass is 16.3. The Bertz CT molecular complexity index is 812. The third-order valence-corrected chi connectivity index (χ3v) is 3.78. The minimum atomic E-state index is -0.247. The number of furan rings is 1. The first-order valence-electron chi connectivity index (χ1n) is 7.57. The normalized spacial score (nSPS) is 12.1. The van der Waals surface area contributed by atoms with E-state index in [-0.39, 0.29) is 12.1 Å². The zero-order valence-corrected chi connectivity index (χ0v) is 13.2. The van der Waals surface area contributed by atoms with E-state index < -0.39 is 0 Å². The highest BCUT2D eigenvalue weighted by Crippen LogP contribution is 2.28. The molecule has 0 aliphatic rings. The van der Waals surface area contributed by atoms with Gasteiger partial charge in [0.15, 0.2) is 0 Å². The number of urea groups is 1. The molecule has 2 heterocycles. The van der Waals surface area contributed by atoms with E-state index in [2.05, 4.69) is 15.6 Å². The molecule has 0 spiro atoms. The zero-order valence-electron chi connectivity index (χ0n) is 13.2. The summed E-state index contributed by atoms with van der Waals surface area (Å²) in [7, 11) is 0. The van der Waals surface area contributed by atoms with Crippen LogP contribution in [0.25, 0.3) is 11.0 Å². The summed E-state index contributed by atoms with van der Waals surface area (Å²) in [4.78, 5) is 16.2. The number of aromatic nitrogens is 1. The van der Waals surface area contributed by atoms with E-state index in [0.29, 0.717) is 6.54 Å². The number of carbonyl (C=O) groups excluding carboxylic acids is 1. The van der Waals surface area contributed by atoms with Gasteiger partial charge in [-0.05, 0) is 32.0 Å². The number of amides is 2. The van der Waals surface area contributed by atoms with Gasteiger partial charge in [0.25, 0.3) is 0 Å². The summed E-state index contributed by atoms with van der Waals surface area (Å²) in [5.74, 6) is 0.777. The van der Waals surface area contributed by atoms with Gasteiger partial charge >= 0.3 is 6.03 Å². The quantitative estimate of drug-likeness (QED) is 0.772. The van der Waals surface area contributed by atoms with E-state index in [9.17, 15) is 4.79 Å². The molecule has 3 aromatic rings. The third-order valence-electron chi connectivity index (χ3n) is 3.78. The first-order valence-corrected chi connectivity index (χ1v) is 7.57. The Morgan fingerprint density at radius 2 is 2.00 bits per heavy atom. The maximum atomic E-state index is 12.0. The summed E-state index contributed by atoms with van der Waals surface area (Å²) in [6.07, 6.45) is 1.70. The molecule has 2 aromatic heterocycles. The van der Waals surface area contributed by atoms with Crippen LogP contribution in [-0.4, -0.2) is 11.0 Å². The molecule has 3 rings (SSSR count). The Labute approximate surface area is 134 Å². The Balaban J connectivity index is 1.64. The van der Waals surface area contributed by atoms with Gasteiger partial charge in [-0.25, -0.2) is 4.79 Å². The molecule has 0 unspecified atom stereocenters. The van der Waals surface area contributed by atoms with Crippen LogP contribution in [0.2, 0.25) is 0 Å². The van der Waals surface area contributed by atoms with Crippen LogP contribution < -0.4 is 10.6 Å². The molecule has 0 radical (unpaired) electrons. The summed E-state index contributed by atoms with van der Waals surface area (Å²) in [6.45, 7) is 4.30. The Morgan fingerprint density at radius 1 is 1.22 bits per heavy atom. The molecule has 5 nitrogen and oxygen atoms in total. The monoisotopic (exact) mass is 309 g/mol. The second-order valence-electron chi connectivity index (χ2n) is 5.46. The molecule has 2 amide bonds. The molecule has 118 valence electrons. The van der Waals surface area contributed by atoms with Crippen molar-refractivity contribution in [3.05, 3.63) is 65.7 Å². The van der Waals surface area contributed by atoms with Crippen LogP contribution in [0.15, 0.2) is 53.1 Å². The minimum absolute atomic E-state index is 0.217. The lowest BCUT2D eigenvalue weighted by molar-refractivity contribution is 0.236. The second kappa shape index (κ2) is 6.52. The molecule has 1 aromatic carbocycles. The van der Waals surface area contributed by atoms with Gasteiger partial charge in [0.05, 0.1) is 18.3 Å². The van der Waals surface area contributed by atoms with Gasteiger partial charge in [-0.2, -0.15) is 0 Å². The highest BCUT2D eigenvalue weighted by Gasteiger charge is 2.18. The fraction of sp³-hybridized carbons (Fsp3) is 0.222. The van der Waals surface area contributed by atoms with Crippen molar-refractivity contribution in [1.82, 2.24) is 15.6 Å². The number of nitrogens with zero attached hydrogens (tertiary/aromatic N) is 1. The number of nitrogens with one attached hydrogen (secondary N) is 2. The van der Waals surface area contributed by atoms with Crippen molar-refractivity contribution in [2.45, 2.75) is 26.4 Å². The number of pyridine rings is 1. The molecule has 2 N–H and O–H groups in total. The largest absolute Gasteiger partial charge is 0.459 e. The topological polar surface area (TPSA) is 67.2 Å². The number of aryl methyl sites for hydroxylation is 1. The number of benzene rings is 1. The lowest BCUT2D eigenvalue weighted by Gasteiger charge is -2.13. The lowest BCUT2D eigenvalue weighted by Crippen LogP contribution is -2.36. The van der Waals surface area contributed by atoms with Crippen molar-refractivity contribution in [1.29, 1.82) is 0 Å². The lowest BCUT2D eigenvalue weighted by atomic mass is 10.1. The van der Waals surface area contributed by atoms with Gasteiger partial charge in [-0.3, -0.25) is 4.98 Å². The number of rotatable bonds is 4. The van der Waals surface area contributed by atoms with Gasteiger partial charge in [0.2, 0.25) is 0 Å². The van der Waals surface area contributed by atoms with E-state index in [1.807, 2.05) is 56.3 Å². The fourth-order valence-electron chi connectivity index (χ4n) is 2.59. The third kappa shape index (κ3) is 3.34. The van der Waals surface area contributed by atoms with Gasteiger partial charge in [0, 0.05) is 17.1 Å². The van der Waals surface area contributed by atoms with Gasteiger partial charge in [-0.1, -0.05) is 24.3 Å². The van der Waals surface area contributed by atoms with E-state index in [1.165, 1.54) is 0 Å². The van der Waals surface area contributed by atoms with Gasteiger partial charge < -0.3 is 15.1 Å². The maximum Gasteiger partial charge on any atom is 0.315 e. The standard InChI is InChI=1S/C18H19N3O2/c1-12-15-8-3-4-9-16(15)23-17(12)13(2)21-18(22)20-11-14-7-5-6-10-19-14/h3-10,13H,11H2,1-2H3,(H2,20,21,22)/t13-/m1/s1. The fourth-order valence-corrected chi connectivity index (χ4v) is 2.59. The van der Waals surface area contributed by atoms with E-state index >= 15 is 0 Å². The number of carbonyl (C=O) groups is 1. The molecule has 0 aliphatic heterocycles. The Kier molecular flexibility index (Phi) is 4.28. The molecular weight excluding hydrogens is 290 g/mol. The van der Waals surface area contributed by atoms with Gasteiger partial charge in [-0.15, -0.1) is 0 Å². The van der Waals surface area contributed by atoms with Crippen LogP contribution in [0.1, 0.15) is 30.0 Å². The first-order chi connectivity index (χ1) is 11.1. The van der Waals surface area contributed by atoms with Gasteiger partial charge in [0.1, 0.15) is 11.3 Å². The number of para-hydroxylation sites is 1. The van der Waals surface area contributed by atoms with Crippen LogP contribution in [0.4, 0.5) is 4.79 Å². The van der Waals surface area contributed by atoms with Crippen LogP contribution in [0.3, 0.4) is 0 Å². The van der Waals surface area contributed by atoms with Crippen LogP contribution >= 0.6 is 0 Å². The van der Waals surface area contributed by atoms with E-state index in [0.717, 1.165) is 28.0 Å². The van der Waals surface area contributed by atoms with E-state index in [4.69, 9.17) is 4.42 Å². The van der Waals surface area contributed by atoms with Crippen molar-refractivity contribution < 1.29 is 9.21 Å². The predicted molar refractivity (Wildman–Crippen MR) is 89.0 cm³/mol. The SMILES string of the molecule is Cc1c([C@@H](C)NC(=O)NCc2ccccn2)oc2ccccc12. The first kappa shape index (κ1) is 15.1. The molecular formula is C18H19N3O2. The number of fused-ring (bicyclic) bond motifs is 1. The summed E-state index contributed by atoms with van der Waals surface area (Å²) in [5.41, 5.74) is 2.70. The minimum Gasteiger partial charge on any atom is -0.459 e. The molecule has 5 heteroatoms. The highest BCUT2D eigenvalue weighted by molar-refractivity contribution is 5.82. The molecule has 0 saturated carbocycles. The summed E-state index contributed by atoms with van der Waals surface area (Å²) >= 11 is 0. The zero-order chi connectivity index (χ0) is 16.2. The Hall–Kier alpha value is -2.82. The Morgan fingerprint density at radius 3 is 2.74 bits per heavy atom. The van der Waals surface area contributed by atoms with Crippen LogP contribution in [-0.2, 0) is 6.54 Å². The summed E-state index contributed by atoms with van der Waals surface area (Å²) < 4.78 is 5.87. The number of hydrogen-bond donors (Lipinski definition) is 2. The van der Waals surface area contributed by atoms with Crippen LogP contribution in [0.5, 0.6) is 0 Å². The molecule has 0 aliphatic carbocycles. The second-order valence-corrected chi connectivity index (χ2v) is 5.46. The molecule has 23 heavy (non-hydrogen) atoms. The molecule has 0 fully saturated rings. The molecule has 0 bridgehead atoms. The molecule has 1 atom stereocenters. The van der Waals surface area contributed by atoms with E-state index in [1.54, 1.807) is 6.20 Å². The van der Waals surface area contributed by atoms with Crippen molar-refractivity contribution in [2.24, 2.45) is 0 Å². The van der Waals surface area contributed by atoms with Crippen LogP contribution in [0, 0.1) is 6.92 Å². The van der Waals surface area contributed by atoms with Crippen molar-refractivity contribution in [3.63, 3.8) is 0 Å². The number of hydrogen-bond acceptors (Lipinski definition) is 3. The smallest absolute Gasteiger partial charge is 0.315 e. The average Bonchev–Trinajstić information content (AvgIpc) is 2.91. The predicted octanol–water partition coefficient (Wildman–Crippen LogP) is 3.70. The van der Waals surface area contributed by atoms with Crippen molar-refractivity contribution >= 4 is 17.0 Å². The maximum absolute atomic E-state index is 12.0.